The zero-order valence-corrected chi connectivity index (χ0v) is 22.0. The molecular formula is C27H37N7O2. The van der Waals surface area contributed by atoms with E-state index in [1.54, 1.807) is 17.0 Å². The van der Waals surface area contributed by atoms with Crippen LogP contribution in [0, 0.1) is 13.8 Å². The Hall–Kier alpha value is -3.43. The Morgan fingerprint density at radius 1 is 1.08 bits per heavy atom. The number of hydrogen-bond donors (Lipinski definition) is 2. The van der Waals surface area contributed by atoms with Crippen LogP contribution in [-0.4, -0.2) is 76.3 Å². The van der Waals surface area contributed by atoms with Crippen LogP contribution in [0.5, 0.6) is 0 Å². The second-order valence-corrected chi connectivity index (χ2v) is 9.42. The maximum Gasteiger partial charge on any atom is 0.256 e. The van der Waals surface area contributed by atoms with E-state index in [1.807, 2.05) is 55.7 Å². The fourth-order valence-corrected chi connectivity index (χ4v) is 4.69. The van der Waals surface area contributed by atoms with Gasteiger partial charge < -0.3 is 15.5 Å². The number of fused-ring (bicyclic) bond motifs is 2. The molecule has 3 aromatic rings. The van der Waals surface area contributed by atoms with Crippen LogP contribution in [0.25, 0.3) is 10.9 Å². The molecule has 1 aliphatic rings. The Morgan fingerprint density at radius 3 is 2.44 bits per heavy atom. The van der Waals surface area contributed by atoms with Crippen molar-refractivity contribution in [3.05, 3.63) is 58.8 Å². The molecule has 2 N–H and O–H groups in total. The number of nitrogens with zero attached hydrogens (tertiary/aromatic N) is 5. The first-order valence-corrected chi connectivity index (χ1v) is 12.5. The number of benzene rings is 2. The predicted molar refractivity (Wildman–Crippen MR) is 142 cm³/mol. The number of hydrogen-bond acceptors (Lipinski definition) is 6. The molecule has 1 aliphatic heterocycles. The molecule has 2 amide bonds. The van der Waals surface area contributed by atoms with Gasteiger partial charge in [-0.2, -0.15) is 5.10 Å². The summed E-state index contributed by atoms with van der Waals surface area (Å²) in [5, 5.41) is 15.8. The molecule has 0 bridgehead atoms. The quantitative estimate of drug-likeness (QED) is 0.424. The lowest BCUT2D eigenvalue weighted by atomic mass is 10.1. The van der Waals surface area contributed by atoms with Crippen LogP contribution in [0.2, 0.25) is 0 Å². The van der Waals surface area contributed by atoms with Gasteiger partial charge in [0.15, 0.2) is 0 Å². The fourth-order valence-electron chi connectivity index (χ4n) is 4.69. The first-order valence-electron chi connectivity index (χ1n) is 12.5. The summed E-state index contributed by atoms with van der Waals surface area (Å²) in [7, 11) is 3.72. The lowest BCUT2D eigenvalue weighted by Crippen LogP contribution is -2.49. The van der Waals surface area contributed by atoms with E-state index in [1.165, 1.54) is 11.1 Å². The number of amides is 2. The third-order valence-corrected chi connectivity index (χ3v) is 6.91. The Kier molecular flexibility index (Phi) is 7.91. The van der Waals surface area contributed by atoms with E-state index in [9.17, 15) is 9.59 Å². The molecule has 1 aromatic heterocycles. The molecule has 0 unspecified atom stereocenters. The van der Waals surface area contributed by atoms with E-state index in [0.29, 0.717) is 26.2 Å². The standard InChI is InChI=1S/C27H37N7O2/c1-6-28-11-12-33(18-27(36)32(5)34-16-21-9-7-8-10-22(21)17-34)26(35)15-29-24-14-23-20(3)30-31(4)25(23)13-19(24)2/h7-10,13-14,28-29H,6,11-12,15-18H2,1-5H3. The summed E-state index contributed by atoms with van der Waals surface area (Å²) in [6, 6.07) is 12.4. The zero-order valence-electron chi connectivity index (χ0n) is 22.0. The third kappa shape index (κ3) is 5.52. The van der Waals surface area contributed by atoms with Crippen molar-refractivity contribution in [3.8, 4) is 0 Å². The number of anilines is 1. The van der Waals surface area contributed by atoms with Crippen LogP contribution in [0.3, 0.4) is 0 Å². The number of likely N-dealkylation sites (N-methyl/N-ethyl adjacent to an activating group) is 2. The first-order chi connectivity index (χ1) is 17.3. The van der Waals surface area contributed by atoms with E-state index in [2.05, 4.69) is 33.9 Å². The van der Waals surface area contributed by atoms with Gasteiger partial charge in [0.25, 0.3) is 5.91 Å². The number of nitrogens with one attached hydrogen (secondary N) is 2. The molecule has 0 radical (unpaired) electrons. The van der Waals surface area contributed by atoms with Crippen molar-refractivity contribution in [1.29, 1.82) is 0 Å². The average Bonchev–Trinajstić information content (AvgIpc) is 3.41. The van der Waals surface area contributed by atoms with Gasteiger partial charge in [-0.05, 0) is 49.2 Å². The lowest BCUT2D eigenvalue weighted by Gasteiger charge is -2.31. The molecule has 36 heavy (non-hydrogen) atoms. The van der Waals surface area contributed by atoms with Crippen LogP contribution in [-0.2, 0) is 29.7 Å². The minimum atomic E-state index is -0.109. The number of hydrazine groups is 1. The van der Waals surface area contributed by atoms with Gasteiger partial charge in [-0.15, -0.1) is 0 Å². The Labute approximate surface area is 213 Å². The van der Waals surface area contributed by atoms with Crippen molar-refractivity contribution in [2.45, 2.75) is 33.9 Å². The monoisotopic (exact) mass is 491 g/mol. The Morgan fingerprint density at radius 2 is 1.78 bits per heavy atom. The van der Waals surface area contributed by atoms with E-state index >= 15 is 0 Å². The predicted octanol–water partition coefficient (Wildman–Crippen LogP) is 2.43. The molecule has 0 saturated heterocycles. The minimum absolute atomic E-state index is 0.0367. The van der Waals surface area contributed by atoms with Gasteiger partial charge >= 0.3 is 0 Å². The Bertz CT molecular complexity index is 1230. The molecule has 0 atom stereocenters. The second-order valence-electron chi connectivity index (χ2n) is 9.42. The summed E-state index contributed by atoms with van der Waals surface area (Å²) in [6.45, 7) is 9.48. The first kappa shape index (κ1) is 25.7. The van der Waals surface area contributed by atoms with Crippen molar-refractivity contribution < 1.29 is 9.59 Å². The summed E-state index contributed by atoms with van der Waals surface area (Å²) in [4.78, 5) is 28.1. The number of carbonyl (C=O) groups excluding carboxylic acids is 2. The van der Waals surface area contributed by atoms with E-state index in [-0.39, 0.29) is 24.9 Å². The molecule has 2 aromatic carbocycles. The molecule has 0 spiro atoms. The van der Waals surface area contributed by atoms with Gasteiger partial charge in [-0.3, -0.25) is 19.3 Å². The van der Waals surface area contributed by atoms with Crippen molar-refractivity contribution in [1.82, 2.24) is 30.0 Å². The number of rotatable bonds is 10. The van der Waals surface area contributed by atoms with Crippen LogP contribution in [0.1, 0.15) is 29.3 Å². The summed E-state index contributed by atoms with van der Waals surface area (Å²) in [5.41, 5.74) is 6.42. The van der Waals surface area contributed by atoms with E-state index < -0.39 is 0 Å². The summed E-state index contributed by atoms with van der Waals surface area (Å²) in [5.74, 6) is -0.210. The van der Waals surface area contributed by atoms with E-state index in [0.717, 1.165) is 34.4 Å². The minimum Gasteiger partial charge on any atom is -0.376 e. The maximum absolute atomic E-state index is 13.2. The van der Waals surface area contributed by atoms with Crippen molar-refractivity contribution >= 4 is 28.4 Å². The summed E-state index contributed by atoms with van der Waals surface area (Å²) in [6.07, 6.45) is 0. The van der Waals surface area contributed by atoms with Gasteiger partial charge in [0.2, 0.25) is 5.91 Å². The maximum atomic E-state index is 13.2. The molecule has 9 heteroatoms. The largest absolute Gasteiger partial charge is 0.376 e. The number of carbonyl (C=O) groups is 2. The molecule has 4 rings (SSSR count). The lowest BCUT2D eigenvalue weighted by molar-refractivity contribution is -0.151. The van der Waals surface area contributed by atoms with Gasteiger partial charge in [0.1, 0.15) is 6.54 Å². The summed E-state index contributed by atoms with van der Waals surface area (Å²) < 4.78 is 1.87. The van der Waals surface area contributed by atoms with Crippen LogP contribution in [0.15, 0.2) is 36.4 Å². The zero-order chi connectivity index (χ0) is 25.8. The molecule has 2 heterocycles. The van der Waals surface area contributed by atoms with Gasteiger partial charge in [0.05, 0.1) is 17.8 Å². The molecule has 0 saturated carbocycles. The average molecular weight is 492 g/mol. The van der Waals surface area contributed by atoms with Crippen molar-refractivity contribution in [2.24, 2.45) is 7.05 Å². The third-order valence-electron chi connectivity index (χ3n) is 6.91. The second kappa shape index (κ2) is 11.1. The van der Waals surface area contributed by atoms with Gasteiger partial charge in [-0.25, -0.2) is 5.01 Å². The smallest absolute Gasteiger partial charge is 0.256 e. The summed E-state index contributed by atoms with van der Waals surface area (Å²) >= 11 is 0. The van der Waals surface area contributed by atoms with Crippen molar-refractivity contribution in [3.63, 3.8) is 0 Å². The number of aryl methyl sites for hydroxylation is 3. The van der Waals surface area contributed by atoms with Crippen molar-refractivity contribution in [2.75, 3.05) is 45.1 Å². The molecular weight excluding hydrogens is 454 g/mol. The van der Waals surface area contributed by atoms with Gasteiger partial charge in [-0.1, -0.05) is 31.2 Å². The SMILES string of the molecule is CCNCCN(CC(=O)N(C)N1Cc2ccccc2C1)C(=O)CNc1cc2c(C)nn(C)c2cc1C. The number of aromatic nitrogens is 2. The normalized spacial score (nSPS) is 13.1. The van der Waals surface area contributed by atoms with Crippen LogP contribution in [0.4, 0.5) is 5.69 Å². The Balaban J connectivity index is 1.41. The highest BCUT2D eigenvalue weighted by atomic mass is 16.2. The fraction of sp³-hybridized carbons (Fsp3) is 0.444. The molecule has 192 valence electrons. The van der Waals surface area contributed by atoms with E-state index in [4.69, 9.17) is 0 Å². The topological polar surface area (TPSA) is 85.7 Å². The highest BCUT2D eigenvalue weighted by molar-refractivity contribution is 5.89. The van der Waals surface area contributed by atoms with Crippen LogP contribution >= 0.6 is 0 Å². The van der Waals surface area contributed by atoms with Gasteiger partial charge in [0, 0.05) is 51.3 Å². The molecule has 9 nitrogen and oxygen atoms in total. The molecule has 0 fully saturated rings. The highest BCUT2D eigenvalue weighted by Crippen LogP contribution is 2.26. The highest BCUT2D eigenvalue weighted by Gasteiger charge is 2.27. The molecule has 0 aliphatic carbocycles. The van der Waals surface area contributed by atoms with Crippen LogP contribution < -0.4 is 10.6 Å².